The molecule has 28 heavy (non-hydrogen) atoms. The first-order chi connectivity index (χ1) is 13.7. The first-order valence-electron chi connectivity index (χ1n) is 9.26. The highest BCUT2D eigenvalue weighted by atomic mass is 19.1. The van der Waals surface area contributed by atoms with Crippen molar-refractivity contribution in [2.45, 2.75) is 12.8 Å². The number of hydrogen-bond donors (Lipinski definition) is 2. The summed E-state index contributed by atoms with van der Waals surface area (Å²) in [6, 6.07) is 23.8. The standard InChI is InChI=1S/C23H23FN2O2/c24-21-13-4-5-14-22(21)25-17-23(27)26-19-11-6-12-20(16-19)28-15-7-10-18-8-2-1-3-9-18/h1-6,8-9,11-14,16,25H,7,10,15,17H2,(H,26,27). The average molecular weight is 378 g/mol. The number of nitrogens with one attached hydrogen (secondary N) is 2. The van der Waals surface area contributed by atoms with Gasteiger partial charge < -0.3 is 15.4 Å². The van der Waals surface area contributed by atoms with Gasteiger partial charge in [-0.25, -0.2) is 4.39 Å². The highest BCUT2D eigenvalue weighted by Crippen LogP contribution is 2.18. The normalized spacial score (nSPS) is 10.3. The Balaban J connectivity index is 1.43. The number of carbonyl (C=O) groups is 1. The molecule has 3 aromatic rings. The lowest BCUT2D eigenvalue weighted by Crippen LogP contribution is -2.22. The van der Waals surface area contributed by atoms with E-state index >= 15 is 0 Å². The highest BCUT2D eigenvalue weighted by molar-refractivity contribution is 5.93. The van der Waals surface area contributed by atoms with Crippen LogP contribution in [0, 0.1) is 5.82 Å². The maximum absolute atomic E-state index is 13.6. The van der Waals surface area contributed by atoms with E-state index in [0.717, 1.165) is 12.8 Å². The molecule has 1 amide bonds. The number of ether oxygens (including phenoxy) is 1. The van der Waals surface area contributed by atoms with E-state index in [-0.39, 0.29) is 18.3 Å². The molecule has 0 fully saturated rings. The molecule has 3 aromatic carbocycles. The molecule has 0 saturated carbocycles. The SMILES string of the molecule is O=C(CNc1ccccc1F)Nc1cccc(OCCCc2ccccc2)c1. The van der Waals surface area contributed by atoms with Gasteiger partial charge in [-0.05, 0) is 42.7 Å². The molecule has 0 saturated heterocycles. The number of aryl methyl sites for hydroxylation is 1. The summed E-state index contributed by atoms with van der Waals surface area (Å²) < 4.78 is 19.3. The second-order valence-corrected chi connectivity index (χ2v) is 6.35. The van der Waals surface area contributed by atoms with Crippen LogP contribution in [-0.2, 0) is 11.2 Å². The maximum atomic E-state index is 13.6. The van der Waals surface area contributed by atoms with Gasteiger partial charge in [-0.1, -0.05) is 48.5 Å². The van der Waals surface area contributed by atoms with Crippen LogP contribution in [-0.4, -0.2) is 19.1 Å². The molecule has 0 spiro atoms. The van der Waals surface area contributed by atoms with Crippen molar-refractivity contribution in [1.82, 2.24) is 0 Å². The van der Waals surface area contributed by atoms with E-state index in [1.807, 2.05) is 30.3 Å². The Morgan fingerprint density at radius 2 is 1.71 bits per heavy atom. The summed E-state index contributed by atoms with van der Waals surface area (Å²) >= 11 is 0. The average Bonchev–Trinajstić information content (AvgIpc) is 2.72. The van der Waals surface area contributed by atoms with E-state index in [0.29, 0.717) is 23.7 Å². The predicted molar refractivity (Wildman–Crippen MR) is 110 cm³/mol. The summed E-state index contributed by atoms with van der Waals surface area (Å²) in [5, 5.41) is 5.57. The third-order valence-corrected chi connectivity index (χ3v) is 4.15. The molecule has 0 aromatic heterocycles. The van der Waals surface area contributed by atoms with Crippen LogP contribution in [0.5, 0.6) is 5.75 Å². The minimum absolute atomic E-state index is 0.0247. The molecule has 0 radical (unpaired) electrons. The zero-order valence-electron chi connectivity index (χ0n) is 15.5. The van der Waals surface area contributed by atoms with Crippen LogP contribution in [0.25, 0.3) is 0 Å². The maximum Gasteiger partial charge on any atom is 0.243 e. The Bertz CT molecular complexity index is 900. The largest absolute Gasteiger partial charge is 0.494 e. The Morgan fingerprint density at radius 1 is 0.929 bits per heavy atom. The lowest BCUT2D eigenvalue weighted by molar-refractivity contribution is -0.114. The van der Waals surface area contributed by atoms with Crippen LogP contribution in [0.1, 0.15) is 12.0 Å². The van der Waals surface area contributed by atoms with Gasteiger partial charge in [0.05, 0.1) is 18.8 Å². The van der Waals surface area contributed by atoms with Gasteiger partial charge in [-0.3, -0.25) is 4.79 Å². The van der Waals surface area contributed by atoms with E-state index in [2.05, 4.69) is 22.8 Å². The molecular formula is C23H23FN2O2. The zero-order chi connectivity index (χ0) is 19.6. The van der Waals surface area contributed by atoms with E-state index in [1.165, 1.54) is 11.6 Å². The summed E-state index contributed by atoms with van der Waals surface area (Å²) in [6.45, 7) is 0.574. The Morgan fingerprint density at radius 3 is 2.54 bits per heavy atom. The van der Waals surface area contributed by atoms with Gasteiger partial charge in [0.15, 0.2) is 0 Å². The molecule has 0 aliphatic heterocycles. The molecule has 3 rings (SSSR count). The van der Waals surface area contributed by atoms with Crippen molar-refractivity contribution in [3.05, 3.63) is 90.2 Å². The number of carbonyl (C=O) groups excluding carboxylic acids is 1. The lowest BCUT2D eigenvalue weighted by Gasteiger charge is -2.10. The van der Waals surface area contributed by atoms with Gasteiger partial charge in [0.25, 0.3) is 0 Å². The Labute approximate surface area is 164 Å². The van der Waals surface area contributed by atoms with Gasteiger partial charge in [0.2, 0.25) is 5.91 Å². The third-order valence-electron chi connectivity index (χ3n) is 4.15. The minimum Gasteiger partial charge on any atom is -0.494 e. The second-order valence-electron chi connectivity index (χ2n) is 6.35. The molecule has 5 heteroatoms. The van der Waals surface area contributed by atoms with E-state index in [1.54, 1.807) is 30.3 Å². The summed E-state index contributed by atoms with van der Waals surface area (Å²) in [5.74, 6) is 0.0543. The van der Waals surface area contributed by atoms with Gasteiger partial charge in [-0.2, -0.15) is 0 Å². The first-order valence-corrected chi connectivity index (χ1v) is 9.26. The number of benzene rings is 3. The highest BCUT2D eigenvalue weighted by Gasteiger charge is 2.06. The van der Waals surface area contributed by atoms with Crippen molar-refractivity contribution < 1.29 is 13.9 Å². The molecule has 0 atom stereocenters. The van der Waals surface area contributed by atoms with E-state index < -0.39 is 0 Å². The number of amides is 1. The van der Waals surface area contributed by atoms with Crippen molar-refractivity contribution >= 4 is 17.3 Å². The molecule has 2 N–H and O–H groups in total. The molecule has 4 nitrogen and oxygen atoms in total. The van der Waals surface area contributed by atoms with Gasteiger partial charge >= 0.3 is 0 Å². The van der Waals surface area contributed by atoms with Crippen molar-refractivity contribution in [2.24, 2.45) is 0 Å². The van der Waals surface area contributed by atoms with Crippen molar-refractivity contribution in [2.75, 3.05) is 23.8 Å². The molecular weight excluding hydrogens is 355 g/mol. The monoisotopic (exact) mass is 378 g/mol. The fraction of sp³-hybridized carbons (Fsp3) is 0.174. The van der Waals surface area contributed by atoms with Crippen LogP contribution < -0.4 is 15.4 Å². The van der Waals surface area contributed by atoms with E-state index in [9.17, 15) is 9.18 Å². The fourth-order valence-corrected chi connectivity index (χ4v) is 2.76. The fourth-order valence-electron chi connectivity index (χ4n) is 2.76. The summed E-state index contributed by atoms with van der Waals surface area (Å²) in [4.78, 5) is 12.1. The van der Waals surface area contributed by atoms with Crippen molar-refractivity contribution in [1.29, 1.82) is 0 Å². The number of rotatable bonds is 9. The molecule has 144 valence electrons. The number of halogens is 1. The summed E-state index contributed by atoms with van der Waals surface area (Å²) in [5.41, 5.74) is 2.23. The van der Waals surface area contributed by atoms with E-state index in [4.69, 9.17) is 4.74 Å². The second kappa shape index (κ2) is 10.1. The molecule has 0 heterocycles. The van der Waals surface area contributed by atoms with Crippen molar-refractivity contribution in [3.63, 3.8) is 0 Å². The Hall–Kier alpha value is -3.34. The molecule has 0 bridgehead atoms. The Kier molecular flexibility index (Phi) is 7.01. The van der Waals surface area contributed by atoms with Crippen molar-refractivity contribution in [3.8, 4) is 5.75 Å². The zero-order valence-corrected chi connectivity index (χ0v) is 15.5. The van der Waals surface area contributed by atoms with Gasteiger partial charge in [0.1, 0.15) is 11.6 Å². The molecule has 0 unspecified atom stereocenters. The topological polar surface area (TPSA) is 50.4 Å². The van der Waals surface area contributed by atoms with Gasteiger partial charge in [-0.15, -0.1) is 0 Å². The van der Waals surface area contributed by atoms with Crippen LogP contribution >= 0.6 is 0 Å². The quantitative estimate of drug-likeness (QED) is 0.521. The van der Waals surface area contributed by atoms with Crippen LogP contribution in [0.4, 0.5) is 15.8 Å². The first kappa shape index (κ1) is 19.4. The predicted octanol–water partition coefficient (Wildman–Crippen LogP) is 4.89. The number of hydrogen-bond acceptors (Lipinski definition) is 3. The summed E-state index contributed by atoms with van der Waals surface area (Å²) in [6.07, 6.45) is 1.87. The minimum atomic E-state index is -0.388. The smallest absolute Gasteiger partial charge is 0.243 e. The lowest BCUT2D eigenvalue weighted by atomic mass is 10.1. The van der Waals surface area contributed by atoms with Crippen LogP contribution in [0.15, 0.2) is 78.9 Å². The number of para-hydroxylation sites is 1. The summed E-state index contributed by atoms with van der Waals surface area (Å²) in [7, 11) is 0. The third kappa shape index (κ3) is 6.13. The van der Waals surface area contributed by atoms with Crippen LogP contribution in [0.2, 0.25) is 0 Å². The van der Waals surface area contributed by atoms with Gasteiger partial charge in [0, 0.05) is 11.8 Å². The van der Waals surface area contributed by atoms with Crippen LogP contribution in [0.3, 0.4) is 0 Å². The molecule has 0 aliphatic rings. The number of anilines is 2. The molecule has 0 aliphatic carbocycles.